The second kappa shape index (κ2) is 2.12. The van der Waals surface area contributed by atoms with Crippen molar-refractivity contribution < 1.29 is 4.79 Å². The number of fused-ring (bicyclic) bond motifs is 1. The van der Waals surface area contributed by atoms with Crippen LogP contribution < -0.4 is 0 Å². The summed E-state index contributed by atoms with van der Waals surface area (Å²) in [5.74, 6) is 0.836. The number of carbonyl (C=O) groups is 1. The van der Waals surface area contributed by atoms with Crippen molar-refractivity contribution in [3.8, 4) is 0 Å². The Morgan fingerprint density at radius 3 is 2.67 bits per heavy atom. The minimum atomic E-state index is -0.0126. The molecule has 0 bridgehead atoms. The lowest BCUT2D eigenvalue weighted by molar-refractivity contribution is -0.132. The van der Waals surface area contributed by atoms with E-state index in [4.69, 9.17) is 0 Å². The van der Waals surface area contributed by atoms with E-state index in [-0.39, 0.29) is 11.4 Å². The molecule has 1 heterocycles. The van der Waals surface area contributed by atoms with Gasteiger partial charge in [0, 0.05) is 11.6 Å². The number of amides is 1. The summed E-state index contributed by atoms with van der Waals surface area (Å²) in [7, 11) is 0. The molecule has 0 aromatic heterocycles. The van der Waals surface area contributed by atoms with Gasteiger partial charge in [0.15, 0.2) is 0 Å². The molecule has 2 aliphatic rings. The van der Waals surface area contributed by atoms with E-state index < -0.39 is 0 Å². The zero-order chi connectivity index (χ0) is 8.93. The molecule has 1 aliphatic carbocycles. The monoisotopic (exact) mass is 165 g/mol. The predicted molar refractivity (Wildman–Crippen MR) is 47.6 cm³/mol. The van der Waals surface area contributed by atoms with Crippen LogP contribution in [-0.4, -0.2) is 22.4 Å². The third-order valence-corrected chi connectivity index (χ3v) is 2.58. The van der Waals surface area contributed by atoms with Crippen molar-refractivity contribution in [2.45, 2.75) is 38.8 Å². The SMILES string of the molecule is CC(C)(C)N1C(=O)C=CC2CC21. The van der Waals surface area contributed by atoms with E-state index >= 15 is 0 Å². The first kappa shape index (κ1) is 7.84. The molecule has 1 fully saturated rings. The Morgan fingerprint density at radius 1 is 1.50 bits per heavy atom. The fraction of sp³-hybridized carbons (Fsp3) is 0.700. The van der Waals surface area contributed by atoms with E-state index in [0.29, 0.717) is 12.0 Å². The van der Waals surface area contributed by atoms with Crippen LogP contribution in [0.25, 0.3) is 0 Å². The van der Waals surface area contributed by atoms with Gasteiger partial charge in [0.1, 0.15) is 0 Å². The van der Waals surface area contributed by atoms with Gasteiger partial charge in [-0.3, -0.25) is 4.79 Å². The van der Waals surface area contributed by atoms with Gasteiger partial charge in [0.25, 0.3) is 0 Å². The van der Waals surface area contributed by atoms with Crippen LogP contribution in [-0.2, 0) is 4.79 Å². The van der Waals surface area contributed by atoms with E-state index in [2.05, 4.69) is 26.8 Å². The third kappa shape index (κ3) is 1.06. The molecule has 2 rings (SSSR count). The molecular formula is C10H15NO. The highest BCUT2D eigenvalue weighted by atomic mass is 16.2. The van der Waals surface area contributed by atoms with E-state index in [9.17, 15) is 4.79 Å². The molecule has 2 unspecified atom stereocenters. The van der Waals surface area contributed by atoms with Crippen LogP contribution in [0.3, 0.4) is 0 Å². The zero-order valence-corrected chi connectivity index (χ0v) is 7.87. The molecule has 1 aliphatic heterocycles. The fourth-order valence-electron chi connectivity index (χ4n) is 1.98. The molecule has 0 radical (unpaired) electrons. The number of hydrogen-bond acceptors (Lipinski definition) is 1. The molecule has 0 N–H and O–H groups in total. The summed E-state index contributed by atoms with van der Waals surface area (Å²) in [5, 5.41) is 0. The first-order chi connectivity index (χ1) is 5.50. The molecule has 0 spiro atoms. The number of rotatable bonds is 0. The van der Waals surface area contributed by atoms with Crippen LogP contribution in [0.15, 0.2) is 12.2 Å². The van der Waals surface area contributed by atoms with Gasteiger partial charge in [-0.2, -0.15) is 0 Å². The lowest BCUT2D eigenvalue weighted by atomic mass is 10.0. The number of carbonyl (C=O) groups excluding carboxylic acids is 1. The predicted octanol–water partition coefficient (Wildman–Crippen LogP) is 1.57. The Kier molecular flexibility index (Phi) is 1.39. The lowest BCUT2D eigenvalue weighted by Crippen LogP contribution is -2.48. The van der Waals surface area contributed by atoms with E-state index in [1.165, 1.54) is 6.42 Å². The van der Waals surface area contributed by atoms with Crippen molar-refractivity contribution in [2.75, 3.05) is 0 Å². The molecule has 2 heteroatoms. The highest BCUT2D eigenvalue weighted by Crippen LogP contribution is 2.42. The Morgan fingerprint density at radius 2 is 2.17 bits per heavy atom. The maximum atomic E-state index is 11.5. The maximum absolute atomic E-state index is 11.5. The zero-order valence-electron chi connectivity index (χ0n) is 7.87. The van der Waals surface area contributed by atoms with Crippen molar-refractivity contribution >= 4 is 5.91 Å². The summed E-state index contributed by atoms with van der Waals surface area (Å²) in [6, 6.07) is 0.502. The average Bonchev–Trinajstić information content (AvgIpc) is 2.61. The molecule has 1 saturated carbocycles. The van der Waals surface area contributed by atoms with Crippen molar-refractivity contribution in [1.29, 1.82) is 0 Å². The van der Waals surface area contributed by atoms with Crippen LogP contribution >= 0.6 is 0 Å². The van der Waals surface area contributed by atoms with Crippen molar-refractivity contribution in [2.24, 2.45) is 5.92 Å². The first-order valence-corrected chi connectivity index (χ1v) is 4.51. The largest absolute Gasteiger partial charge is 0.331 e. The molecule has 12 heavy (non-hydrogen) atoms. The molecule has 2 nitrogen and oxygen atoms in total. The molecule has 2 atom stereocenters. The summed E-state index contributed by atoms with van der Waals surface area (Å²) in [6.07, 6.45) is 4.94. The van der Waals surface area contributed by atoms with Gasteiger partial charge in [-0.15, -0.1) is 0 Å². The van der Waals surface area contributed by atoms with Crippen LogP contribution in [0.1, 0.15) is 27.2 Å². The molecule has 1 amide bonds. The summed E-state index contributed by atoms with van der Waals surface area (Å²) >= 11 is 0. The molecule has 0 aromatic rings. The van der Waals surface area contributed by atoms with Gasteiger partial charge in [-0.05, 0) is 39.2 Å². The quantitative estimate of drug-likeness (QED) is 0.533. The summed E-state index contributed by atoms with van der Waals surface area (Å²) in [4.78, 5) is 13.5. The van der Waals surface area contributed by atoms with Gasteiger partial charge in [0.2, 0.25) is 5.91 Å². The minimum Gasteiger partial charge on any atom is -0.331 e. The lowest BCUT2D eigenvalue weighted by Gasteiger charge is -2.36. The summed E-state index contributed by atoms with van der Waals surface area (Å²) < 4.78 is 0. The van der Waals surface area contributed by atoms with Crippen LogP contribution in [0, 0.1) is 5.92 Å². The second-order valence-corrected chi connectivity index (χ2v) is 4.71. The highest BCUT2D eigenvalue weighted by Gasteiger charge is 2.48. The average molecular weight is 165 g/mol. The van der Waals surface area contributed by atoms with E-state index in [0.717, 1.165) is 0 Å². The Balaban J connectivity index is 2.25. The Bertz CT molecular complexity index is 249. The van der Waals surface area contributed by atoms with Gasteiger partial charge >= 0.3 is 0 Å². The minimum absolute atomic E-state index is 0.0126. The van der Waals surface area contributed by atoms with E-state index in [1.807, 2.05) is 4.90 Å². The highest BCUT2D eigenvalue weighted by molar-refractivity contribution is 5.90. The molecule has 0 saturated heterocycles. The van der Waals surface area contributed by atoms with Crippen molar-refractivity contribution in [1.82, 2.24) is 4.90 Å². The van der Waals surface area contributed by atoms with Crippen molar-refractivity contribution in [3.63, 3.8) is 0 Å². The van der Waals surface area contributed by atoms with Crippen LogP contribution in [0.4, 0.5) is 0 Å². The summed E-state index contributed by atoms with van der Waals surface area (Å²) in [6.45, 7) is 6.29. The Labute approximate surface area is 73.2 Å². The van der Waals surface area contributed by atoms with Crippen LogP contribution in [0.5, 0.6) is 0 Å². The standard InChI is InChI=1S/C10H15NO/c1-10(2,3)11-8-6-7(8)4-5-9(11)12/h4-5,7-8H,6H2,1-3H3. The van der Waals surface area contributed by atoms with Gasteiger partial charge in [-0.25, -0.2) is 0 Å². The smallest absolute Gasteiger partial charge is 0.246 e. The van der Waals surface area contributed by atoms with Gasteiger partial charge < -0.3 is 4.90 Å². The first-order valence-electron chi connectivity index (χ1n) is 4.51. The van der Waals surface area contributed by atoms with Gasteiger partial charge in [0.05, 0.1) is 0 Å². The molecule has 66 valence electrons. The maximum Gasteiger partial charge on any atom is 0.246 e. The fourth-order valence-corrected chi connectivity index (χ4v) is 1.98. The van der Waals surface area contributed by atoms with Crippen molar-refractivity contribution in [3.05, 3.63) is 12.2 Å². The Hall–Kier alpha value is -0.790. The molecule has 0 aromatic carbocycles. The van der Waals surface area contributed by atoms with Crippen LogP contribution in [0.2, 0.25) is 0 Å². The second-order valence-electron chi connectivity index (χ2n) is 4.71. The van der Waals surface area contributed by atoms with E-state index in [1.54, 1.807) is 6.08 Å². The number of hydrogen-bond donors (Lipinski definition) is 0. The normalized spacial score (nSPS) is 33.6. The third-order valence-electron chi connectivity index (χ3n) is 2.58. The summed E-state index contributed by atoms with van der Waals surface area (Å²) in [5.41, 5.74) is -0.0126. The van der Waals surface area contributed by atoms with Gasteiger partial charge in [-0.1, -0.05) is 6.08 Å². The number of nitrogens with zero attached hydrogens (tertiary/aromatic N) is 1. The molecular weight excluding hydrogens is 150 g/mol. The topological polar surface area (TPSA) is 20.3 Å².